The number of halogens is 1. The summed E-state index contributed by atoms with van der Waals surface area (Å²) in [6, 6.07) is 3.17. The second-order valence-corrected chi connectivity index (χ2v) is 4.06. The van der Waals surface area contributed by atoms with E-state index in [0.717, 1.165) is 0 Å². The van der Waals surface area contributed by atoms with Crippen LogP contribution in [0.2, 0.25) is 5.02 Å². The van der Waals surface area contributed by atoms with Crippen LogP contribution in [0.25, 0.3) is 11.0 Å². The molecule has 0 fully saturated rings. The summed E-state index contributed by atoms with van der Waals surface area (Å²) in [4.78, 5) is 11.9. The number of hydrogen-bond donors (Lipinski definition) is 1. The van der Waals surface area contributed by atoms with Gasteiger partial charge in [0.2, 0.25) is 0 Å². The third kappa shape index (κ3) is 1.41. The van der Waals surface area contributed by atoms with Crippen molar-refractivity contribution in [1.29, 1.82) is 0 Å². The van der Waals surface area contributed by atoms with Crippen LogP contribution in [-0.4, -0.2) is 4.74 Å². The van der Waals surface area contributed by atoms with Crippen LogP contribution in [0, 0.1) is 0 Å². The van der Waals surface area contributed by atoms with Crippen LogP contribution in [0.4, 0.5) is 5.69 Å². The van der Waals surface area contributed by atoms with Gasteiger partial charge in [0.1, 0.15) is 5.39 Å². The lowest BCUT2D eigenvalue weighted by Gasteiger charge is -2.00. The van der Waals surface area contributed by atoms with Crippen molar-refractivity contribution in [3.05, 3.63) is 27.5 Å². The summed E-state index contributed by atoms with van der Waals surface area (Å²) in [6.07, 6.45) is 0. The molecule has 0 saturated carbocycles. The van der Waals surface area contributed by atoms with E-state index in [1.54, 1.807) is 12.1 Å². The fourth-order valence-electron chi connectivity index (χ4n) is 1.46. The molecular weight excluding hydrogens is 216 g/mol. The number of anilines is 1. The molecule has 0 aliphatic rings. The van der Waals surface area contributed by atoms with E-state index in [4.69, 9.17) is 21.9 Å². The second kappa shape index (κ2) is 3.31. The molecule has 1 aromatic carbocycles. The molecular formula is C10H11ClN2O2. The van der Waals surface area contributed by atoms with Crippen LogP contribution in [0.3, 0.4) is 0 Å². The molecule has 2 rings (SSSR count). The predicted octanol–water partition coefficient (Wildman–Crippen LogP) is 2.41. The summed E-state index contributed by atoms with van der Waals surface area (Å²) < 4.78 is 6.64. The van der Waals surface area contributed by atoms with Gasteiger partial charge in [-0.2, -0.15) is 4.74 Å². The standard InChI is InChI=1S/C10H11ClN2O2/c1-5(2)13-10(14)8-6(11)3-4-7(12)9(8)15-13/h3-5H,12H2,1-2H3. The molecule has 0 unspecified atom stereocenters. The molecule has 2 N–H and O–H groups in total. The molecule has 1 heterocycles. The molecule has 5 heteroatoms. The van der Waals surface area contributed by atoms with Gasteiger partial charge in [-0.25, -0.2) is 0 Å². The molecule has 0 atom stereocenters. The number of rotatable bonds is 1. The molecule has 0 saturated heterocycles. The molecule has 0 spiro atoms. The lowest BCUT2D eigenvalue weighted by atomic mass is 10.2. The van der Waals surface area contributed by atoms with Gasteiger partial charge in [0.25, 0.3) is 5.56 Å². The van der Waals surface area contributed by atoms with Crippen LogP contribution in [0.1, 0.15) is 19.9 Å². The Bertz CT molecular complexity index is 569. The summed E-state index contributed by atoms with van der Waals surface area (Å²) in [5.41, 5.74) is 6.25. The topological polar surface area (TPSA) is 61.2 Å². The molecule has 0 radical (unpaired) electrons. The van der Waals surface area contributed by atoms with Gasteiger partial charge in [-0.1, -0.05) is 11.6 Å². The highest BCUT2D eigenvalue weighted by Crippen LogP contribution is 2.26. The van der Waals surface area contributed by atoms with E-state index in [-0.39, 0.29) is 11.6 Å². The summed E-state index contributed by atoms with van der Waals surface area (Å²) in [6.45, 7) is 3.71. The highest BCUT2D eigenvalue weighted by Gasteiger charge is 2.16. The number of aromatic nitrogens is 1. The Labute approximate surface area is 91.2 Å². The van der Waals surface area contributed by atoms with Gasteiger partial charge in [-0.05, 0) is 26.0 Å². The third-order valence-corrected chi connectivity index (χ3v) is 2.52. The normalized spacial score (nSPS) is 11.5. The first-order valence-corrected chi connectivity index (χ1v) is 4.99. The molecule has 4 nitrogen and oxygen atoms in total. The largest absolute Gasteiger partial charge is 0.396 e. The summed E-state index contributed by atoms with van der Waals surface area (Å²) >= 11 is 5.92. The third-order valence-electron chi connectivity index (χ3n) is 2.21. The number of hydrogen-bond acceptors (Lipinski definition) is 3. The summed E-state index contributed by atoms with van der Waals surface area (Å²) in [5.74, 6) is 0. The number of nitrogens with two attached hydrogens (primary N) is 1. The van der Waals surface area contributed by atoms with Crippen molar-refractivity contribution >= 4 is 28.3 Å². The first-order chi connectivity index (χ1) is 7.02. The number of benzene rings is 1. The fourth-order valence-corrected chi connectivity index (χ4v) is 1.69. The van der Waals surface area contributed by atoms with E-state index in [1.807, 2.05) is 13.8 Å². The van der Waals surface area contributed by atoms with Crippen molar-refractivity contribution in [3.63, 3.8) is 0 Å². The van der Waals surface area contributed by atoms with Crippen molar-refractivity contribution in [1.82, 2.24) is 4.74 Å². The number of fused-ring (bicyclic) bond motifs is 1. The Morgan fingerprint density at radius 2 is 2.13 bits per heavy atom. The van der Waals surface area contributed by atoms with E-state index in [9.17, 15) is 4.79 Å². The smallest absolute Gasteiger partial charge is 0.292 e. The zero-order valence-electron chi connectivity index (χ0n) is 8.45. The molecule has 0 amide bonds. The quantitative estimate of drug-likeness (QED) is 0.760. The first kappa shape index (κ1) is 10.1. The molecule has 2 aromatic rings. The maximum absolute atomic E-state index is 11.9. The Morgan fingerprint density at radius 1 is 1.47 bits per heavy atom. The fraction of sp³-hybridized carbons (Fsp3) is 0.300. The van der Waals surface area contributed by atoms with Crippen LogP contribution >= 0.6 is 11.6 Å². The van der Waals surface area contributed by atoms with Crippen molar-refractivity contribution in [2.45, 2.75) is 19.9 Å². The van der Waals surface area contributed by atoms with Crippen LogP contribution in [-0.2, 0) is 0 Å². The molecule has 80 valence electrons. The number of nitrogens with zero attached hydrogens (tertiary/aromatic N) is 1. The predicted molar refractivity (Wildman–Crippen MR) is 60.3 cm³/mol. The second-order valence-electron chi connectivity index (χ2n) is 3.66. The SMILES string of the molecule is CC(C)n1oc2c(N)ccc(Cl)c2c1=O. The lowest BCUT2D eigenvalue weighted by molar-refractivity contribution is 0.251. The van der Waals surface area contributed by atoms with Gasteiger partial charge in [0, 0.05) is 0 Å². The van der Waals surface area contributed by atoms with Gasteiger partial charge in [0.05, 0.1) is 16.8 Å². The summed E-state index contributed by atoms with van der Waals surface area (Å²) in [7, 11) is 0. The van der Waals surface area contributed by atoms with Crippen molar-refractivity contribution in [2.24, 2.45) is 0 Å². The van der Waals surface area contributed by atoms with Gasteiger partial charge in [-0.15, -0.1) is 0 Å². The van der Waals surface area contributed by atoms with Gasteiger partial charge >= 0.3 is 0 Å². The van der Waals surface area contributed by atoms with Crippen molar-refractivity contribution < 1.29 is 4.52 Å². The molecule has 0 aliphatic carbocycles. The molecule has 15 heavy (non-hydrogen) atoms. The maximum Gasteiger partial charge on any atom is 0.292 e. The molecule has 0 bridgehead atoms. The Hall–Kier alpha value is -1.42. The minimum Gasteiger partial charge on any atom is -0.396 e. The summed E-state index contributed by atoms with van der Waals surface area (Å²) in [5, 5.41) is 0.720. The van der Waals surface area contributed by atoms with E-state index >= 15 is 0 Å². The maximum atomic E-state index is 11.9. The van der Waals surface area contributed by atoms with Gasteiger partial charge in [-0.3, -0.25) is 4.79 Å². The average molecular weight is 227 g/mol. The monoisotopic (exact) mass is 226 g/mol. The molecule has 1 aromatic heterocycles. The number of nitrogen functional groups attached to an aromatic ring is 1. The highest BCUT2D eigenvalue weighted by molar-refractivity contribution is 6.35. The minimum absolute atomic E-state index is 0.0552. The van der Waals surface area contributed by atoms with E-state index in [0.29, 0.717) is 21.7 Å². The Balaban J connectivity index is 2.94. The minimum atomic E-state index is -0.239. The van der Waals surface area contributed by atoms with E-state index in [2.05, 4.69) is 0 Å². The van der Waals surface area contributed by atoms with Crippen molar-refractivity contribution in [3.8, 4) is 0 Å². The first-order valence-electron chi connectivity index (χ1n) is 4.62. The highest BCUT2D eigenvalue weighted by atomic mass is 35.5. The van der Waals surface area contributed by atoms with Crippen LogP contribution in [0.15, 0.2) is 21.5 Å². The van der Waals surface area contributed by atoms with E-state index < -0.39 is 0 Å². The average Bonchev–Trinajstić information content (AvgIpc) is 2.51. The van der Waals surface area contributed by atoms with Gasteiger partial charge in [0.15, 0.2) is 5.58 Å². The zero-order valence-corrected chi connectivity index (χ0v) is 9.21. The molecule has 0 aliphatic heterocycles. The Morgan fingerprint density at radius 3 is 2.67 bits per heavy atom. The zero-order chi connectivity index (χ0) is 11.2. The van der Waals surface area contributed by atoms with E-state index in [1.165, 1.54) is 4.74 Å². The van der Waals surface area contributed by atoms with Crippen LogP contribution < -0.4 is 11.3 Å². The van der Waals surface area contributed by atoms with Gasteiger partial charge < -0.3 is 10.3 Å². The van der Waals surface area contributed by atoms with Crippen LogP contribution in [0.5, 0.6) is 0 Å². The Kier molecular flexibility index (Phi) is 2.23. The lowest BCUT2D eigenvalue weighted by Crippen LogP contribution is -2.16. The van der Waals surface area contributed by atoms with Crippen molar-refractivity contribution in [2.75, 3.05) is 5.73 Å².